The Balaban J connectivity index is 2.73. The number of nitrogens with one attached hydrogen (secondary N) is 2. The summed E-state index contributed by atoms with van der Waals surface area (Å²) in [4.78, 5) is 33.3. The summed E-state index contributed by atoms with van der Waals surface area (Å²) in [5, 5.41) is 14.6. The van der Waals surface area contributed by atoms with Crippen molar-refractivity contribution in [2.45, 2.75) is 6.92 Å². The molecule has 9 nitrogen and oxygen atoms in total. The summed E-state index contributed by atoms with van der Waals surface area (Å²) >= 11 is 0. The molecule has 0 saturated heterocycles. The predicted octanol–water partition coefficient (Wildman–Crippen LogP) is 0.301. The molecule has 0 heterocycles. The zero-order valence-corrected chi connectivity index (χ0v) is 13.7. The van der Waals surface area contributed by atoms with E-state index < -0.39 is 24.4 Å². The van der Waals surface area contributed by atoms with Gasteiger partial charge in [0.15, 0.2) is 18.1 Å². The van der Waals surface area contributed by atoms with Crippen LogP contribution in [0.1, 0.15) is 12.5 Å². The standard InChI is InChI=1S/C16H19N3O6/c1-3-7-17-15(22)16(23)19-18-9-11-5-6-12(25-10-14(20)21)13(8-11)24-4-2/h3,5-6,8-9H,1,4,7,10H2,2H3,(H,17,22)(H,19,23)(H,20,21)/b18-9-. The van der Waals surface area contributed by atoms with Crippen molar-refractivity contribution in [3.05, 3.63) is 36.4 Å². The van der Waals surface area contributed by atoms with E-state index in [0.29, 0.717) is 17.9 Å². The molecule has 134 valence electrons. The van der Waals surface area contributed by atoms with Crippen molar-refractivity contribution < 1.29 is 29.0 Å². The lowest BCUT2D eigenvalue weighted by Crippen LogP contribution is -2.37. The first kappa shape index (κ1) is 19.7. The van der Waals surface area contributed by atoms with Crippen LogP contribution in [-0.4, -0.2) is 48.9 Å². The maximum atomic E-state index is 11.4. The van der Waals surface area contributed by atoms with Crippen molar-refractivity contribution in [1.82, 2.24) is 10.7 Å². The fraction of sp³-hybridized carbons (Fsp3) is 0.250. The zero-order valence-electron chi connectivity index (χ0n) is 13.7. The van der Waals surface area contributed by atoms with Gasteiger partial charge in [-0.2, -0.15) is 5.10 Å². The number of aliphatic carboxylic acids is 1. The van der Waals surface area contributed by atoms with Gasteiger partial charge in [-0.3, -0.25) is 9.59 Å². The number of ether oxygens (including phenoxy) is 2. The summed E-state index contributed by atoms with van der Waals surface area (Å²) in [7, 11) is 0. The van der Waals surface area contributed by atoms with Crippen LogP contribution in [0.4, 0.5) is 0 Å². The second-order valence-electron chi connectivity index (χ2n) is 4.52. The number of benzene rings is 1. The van der Waals surface area contributed by atoms with Gasteiger partial charge in [-0.1, -0.05) is 6.08 Å². The number of hydrogen-bond acceptors (Lipinski definition) is 6. The molecule has 0 aliphatic rings. The first-order chi connectivity index (χ1) is 12.0. The van der Waals surface area contributed by atoms with Crippen LogP contribution < -0.4 is 20.2 Å². The van der Waals surface area contributed by atoms with E-state index in [1.807, 2.05) is 0 Å². The Bertz CT molecular complexity index is 672. The minimum Gasteiger partial charge on any atom is -0.490 e. The number of hydrogen-bond donors (Lipinski definition) is 3. The topological polar surface area (TPSA) is 126 Å². The largest absolute Gasteiger partial charge is 0.490 e. The van der Waals surface area contributed by atoms with Crippen molar-refractivity contribution in [1.29, 1.82) is 0 Å². The quantitative estimate of drug-likeness (QED) is 0.255. The Morgan fingerprint density at radius 1 is 1.24 bits per heavy atom. The highest BCUT2D eigenvalue weighted by atomic mass is 16.5. The van der Waals surface area contributed by atoms with Gasteiger partial charge < -0.3 is 19.9 Å². The lowest BCUT2D eigenvalue weighted by atomic mass is 10.2. The van der Waals surface area contributed by atoms with Crippen LogP contribution in [0.2, 0.25) is 0 Å². The van der Waals surface area contributed by atoms with Gasteiger partial charge in [-0.25, -0.2) is 10.2 Å². The van der Waals surface area contributed by atoms with Crippen molar-refractivity contribution in [2.75, 3.05) is 19.8 Å². The normalized spacial score (nSPS) is 10.1. The second-order valence-corrected chi connectivity index (χ2v) is 4.52. The van der Waals surface area contributed by atoms with Crippen LogP contribution in [-0.2, 0) is 14.4 Å². The number of carbonyl (C=O) groups is 3. The van der Waals surface area contributed by atoms with Crippen LogP contribution in [0.25, 0.3) is 0 Å². The predicted molar refractivity (Wildman–Crippen MR) is 89.7 cm³/mol. The fourth-order valence-corrected chi connectivity index (χ4v) is 1.59. The molecule has 0 radical (unpaired) electrons. The summed E-state index contributed by atoms with van der Waals surface area (Å²) in [5.41, 5.74) is 2.63. The maximum Gasteiger partial charge on any atom is 0.341 e. The first-order valence-electron chi connectivity index (χ1n) is 7.31. The summed E-state index contributed by atoms with van der Waals surface area (Å²) in [6.07, 6.45) is 2.75. The van der Waals surface area contributed by atoms with E-state index in [0.717, 1.165) is 0 Å². The Labute approximate surface area is 144 Å². The minimum atomic E-state index is -1.11. The van der Waals surface area contributed by atoms with Gasteiger partial charge in [0.25, 0.3) is 0 Å². The summed E-state index contributed by atoms with van der Waals surface area (Å²) in [6, 6.07) is 4.68. The molecule has 0 aliphatic carbocycles. The molecule has 0 atom stereocenters. The molecule has 0 bridgehead atoms. The molecule has 25 heavy (non-hydrogen) atoms. The van der Waals surface area contributed by atoms with Crippen molar-refractivity contribution in [2.24, 2.45) is 5.10 Å². The molecule has 0 aromatic heterocycles. The number of nitrogens with zero attached hydrogens (tertiary/aromatic N) is 1. The van der Waals surface area contributed by atoms with Gasteiger partial charge in [0.05, 0.1) is 12.8 Å². The number of hydrazone groups is 1. The van der Waals surface area contributed by atoms with E-state index in [1.165, 1.54) is 18.4 Å². The van der Waals surface area contributed by atoms with Gasteiger partial charge in [0.1, 0.15) is 0 Å². The van der Waals surface area contributed by atoms with E-state index in [4.69, 9.17) is 14.6 Å². The number of carbonyl (C=O) groups excluding carboxylic acids is 2. The van der Waals surface area contributed by atoms with Gasteiger partial charge >= 0.3 is 17.8 Å². The van der Waals surface area contributed by atoms with E-state index in [2.05, 4.69) is 22.4 Å². The lowest BCUT2D eigenvalue weighted by molar-refractivity contribution is -0.139. The third-order valence-corrected chi connectivity index (χ3v) is 2.61. The first-order valence-corrected chi connectivity index (χ1v) is 7.31. The van der Waals surface area contributed by atoms with Gasteiger partial charge in [-0.15, -0.1) is 6.58 Å². The molecular formula is C16H19N3O6. The highest BCUT2D eigenvalue weighted by Crippen LogP contribution is 2.28. The van der Waals surface area contributed by atoms with E-state index in [9.17, 15) is 14.4 Å². The average Bonchev–Trinajstić information content (AvgIpc) is 2.58. The van der Waals surface area contributed by atoms with Gasteiger partial charge in [0.2, 0.25) is 0 Å². The Kier molecular flexibility index (Phi) is 8.21. The average molecular weight is 349 g/mol. The maximum absolute atomic E-state index is 11.4. The van der Waals surface area contributed by atoms with Crippen LogP contribution in [0.3, 0.4) is 0 Å². The molecule has 0 fully saturated rings. The van der Waals surface area contributed by atoms with Crippen LogP contribution in [0.15, 0.2) is 36.0 Å². The zero-order chi connectivity index (χ0) is 18.7. The molecule has 1 aromatic rings. The molecule has 9 heteroatoms. The molecule has 0 aliphatic heterocycles. The van der Waals surface area contributed by atoms with Crippen molar-refractivity contribution in [3.8, 4) is 11.5 Å². The fourth-order valence-electron chi connectivity index (χ4n) is 1.59. The molecule has 2 amide bonds. The van der Waals surface area contributed by atoms with Crippen molar-refractivity contribution >= 4 is 24.0 Å². The van der Waals surface area contributed by atoms with E-state index in [1.54, 1.807) is 19.1 Å². The number of rotatable bonds is 9. The molecule has 1 rings (SSSR count). The molecule has 0 saturated carbocycles. The Morgan fingerprint density at radius 2 is 2.00 bits per heavy atom. The number of carboxylic acids is 1. The molecule has 0 unspecified atom stereocenters. The SMILES string of the molecule is C=CCNC(=O)C(=O)N/N=C\c1ccc(OCC(=O)O)c(OCC)c1. The smallest absolute Gasteiger partial charge is 0.341 e. The monoisotopic (exact) mass is 349 g/mol. The van der Waals surface area contributed by atoms with Gasteiger partial charge in [0, 0.05) is 6.54 Å². The molecule has 3 N–H and O–H groups in total. The molecular weight excluding hydrogens is 330 g/mol. The second kappa shape index (κ2) is 10.4. The number of amides is 2. The van der Waals surface area contributed by atoms with Crippen LogP contribution in [0, 0.1) is 0 Å². The third-order valence-electron chi connectivity index (χ3n) is 2.61. The molecule has 1 aromatic carbocycles. The Morgan fingerprint density at radius 3 is 2.64 bits per heavy atom. The highest BCUT2D eigenvalue weighted by Gasteiger charge is 2.11. The third kappa shape index (κ3) is 7.16. The van der Waals surface area contributed by atoms with E-state index in [-0.39, 0.29) is 12.3 Å². The van der Waals surface area contributed by atoms with Crippen LogP contribution in [0.5, 0.6) is 11.5 Å². The summed E-state index contributed by atoms with van der Waals surface area (Å²) in [5.74, 6) is -2.24. The van der Waals surface area contributed by atoms with Gasteiger partial charge in [-0.05, 0) is 30.7 Å². The number of carboxylic acid groups (broad SMARTS) is 1. The van der Waals surface area contributed by atoms with Crippen LogP contribution >= 0.6 is 0 Å². The molecule has 0 spiro atoms. The highest BCUT2D eigenvalue weighted by molar-refractivity contribution is 6.35. The Hall–Kier alpha value is -3.36. The summed E-state index contributed by atoms with van der Waals surface area (Å²) < 4.78 is 10.5. The minimum absolute atomic E-state index is 0.172. The van der Waals surface area contributed by atoms with E-state index >= 15 is 0 Å². The summed E-state index contributed by atoms with van der Waals surface area (Å²) in [6.45, 7) is 5.21. The lowest BCUT2D eigenvalue weighted by Gasteiger charge is -2.11. The van der Waals surface area contributed by atoms with Crippen molar-refractivity contribution in [3.63, 3.8) is 0 Å².